The Morgan fingerprint density at radius 2 is 1.84 bits per heavy atom. The van der Waals surface area contributed by atoms with E-state index in [1.165, 1.54) is 0 Å². The maximum atomic E-state index is 12.9. The summed E-state index contributed by atoms with van der Waals surface area (Å²) in [5.74, 6) is -3.79. The molecule has 0 heterocycles. The van der Waals surface area contributed by atoms with Crippen LogP contribution >= 0.6 is 0 Å². The second-order valence-electron chi connectivity index (χ2n) is 3.35. The van der Waals surface area contributed by atoms with E-state index in [1.807, 2.05) is 5.32 Å². The molecule has 19 heavy (non-hydrogen) atoms. The van der Waals surface area contributed by atoms with E-state index < -0.39 is 29.4 Å². The fraction of sp³-hybridized carbons (Fsp3) is 0.0909. The minimum Gasteiger partial charge on any atom is -0.478 e. The summed E-state index contributed by atoms with van der Waals surface area (Å²) in [6.07, 6.45) is -3.75. The highest BCUT2D eigenvalue weighted by atomic mass is 19.4. The molecule has 4 nitrogen and oxygen atoms in total. The summed E-state index contributed by atoms with van der Waals surface area (Å²) in [7, 11) is 0. The fourth-order valence-corrected chi connectivity index (χ4v) is 1.15. The quantitative estimate of drug-likeness (QED) is 0.658. The maximum Gasteiger partial charge on any atom is 0.419 e. The van der Waals surface area contributed by atoms with Crippen LogP contribution in [0.1, 0.15) is 5.56 Å². The van der Waals surface area contributed by atoms with Crippen LogP contribution in [-0.2, 0) is 15.8 Å². The molecule has 0 atom stereocenters. The number of anilines is 1. The molecule has 2 N–H and O–H groups in total. The molecule has 0 fully saturated rings. The van der Waals surface area contributed by atoms with Crippen LogP contribution in [0.4, 0.5) is 23.2 Å². The van der Waals surface area contributed by atoms with E-state index in [2.05, 4.69) is 0 Å². The Hall–Kier alpha value is -2.38. The molecular formula is C11H7F4NO3. The van der Waals surface area contributed by atoms with Gasteiger partial charge in [-0.2, -0.15) is 13.2 Å². The van der Waals surface area contributed by atoms with Crippen LogP contribution in [0.3, 0.4) is 0 Å². The molecule has 102 valence electrons. The highest BCUT2D eigenvalue weighted by Gasteiger charge is 2.34. The third-order valence-electron chi connectivity index (χ3n) is 1.92. The molecule has 0 bridgehead atoms. The average Bonchev–Trinajstić information content (AvgIpc) is 2.27. The number of carbonyl (C=O) groups is 2. The van der Waals surface area contributed by atoms with Gasteiger partial charge in [-0.15, -0.1) is 0 Å². The largest absolute Gasteiger partial charge is 0.478 e. The molecule has 0 aliphatic rings. The van der Waals surface area contributed by atoms with Gasteiger partial charge in [0.15, 0.2) is 0 Å². The lowest BCUT2D eigenvalue weighted by atomic mass is 10.2. The number of carboxylic acid groups (broad SMARTS) is 1. The van der Waals surface area contributed by atoms with Gasteiger partial charge in [0.25, 0.3) is 0 Å². The van der Waals surface area contributed by atoms with E-state index in [9.17, 15) is 27.2 Å². The number of alkyl halides is 3. The molecule has 8 heteroatoms. The lowest BCUT2D eigenvalue weighted by molar-refractivity contribution is -0.140. The van der Waals surface area contributed by atoms with E-state index in [0.717, 1.165) is 6.07 Å². The minimum atomic E-state index is -4.89. The van der Waals surface area contributed by atoms with Crippen molar-refractivity contribution in [1.82, 2.24) is 0 Å². The zero-order valence-electron chi connectivity index (χ0n) is 9.16. The van der Waals surface area contributed by atoms with Gasteiger partial charge in [-0.3, -0.25) is 4.79 Å². The SMILES string of the molecule is O=C(O)C=CC(=O)Nc1ccc(F)c(C(F)(F)F)c1. The smallest absolute Gasteiger partial charge is 0.419 e. The van der Waals surface area contributed by atoms with Crippen LogP contribution in [-0.4, -0.2) is 17.0 Å². The molecule has 0 radical (unpaired) electrons. The summed E-state index contributed by atoms with van der Waals surface area (Å²) >= 11 is 0. The molecule has 0 aliphatic heterocycles. The number of carboxylic acids is 1. The van der Waals surface area contributed by atoms with Crippen molar-refractivity contribution in [1.29, 1.82) is 0 Å². The lowest BCUT2D eigenvalue weighted by Crippen LogP contribution is -2.12. The predicted molar refractivity (Wildman–Crippen MR) is 56.8 cm³/mol. The Bertz CT molecular complexity index is 537. The molecule has 0 spiro atoms. The van der Waals surface area contributed by atoms with Crippen molar-refractivity contribution in [3.63, 3.8) is 0 Å². The molecule has 0 saturated carbocycles. The lowest BCUT2D eigenvalue weighted by Gasteiger charge is -2.10. The van der Waals surface area contributed by atoms with E-state index in [0.29, 0.717) is 24.3 Å². The van der Waals surface area contributed by atoms with Crippen molar-refractivity contribution < 1.29 is 32.3 Å². The molecule has 0 aromatic heterocycles. The first-order valence-corrected chi connectivity index (χ1v) is 4.79. The number of nitrogens with one attached hydrogen (secondary N) is 1. The number of hydrogen-bond donors (Lipinski definition) is 2. The van der Waals surface area contributed by atoms with Gasteiger partial charge in [-0.25, -0.2) is 9.18 Å². The Labute approximate surface area is 104 Å². The van der Waals surface area contributed by atoms with Gasteiger partial charge in [0.2, 0.25) is 5.91 Å². The number of benzene rings is 1. The van der Waals surface area contributed by atoms with Crippen LogP contribution in [0, 0.1) is 5.82 Å². The summed E-state index contributed by atoms with van der Waals surface area (Å²) in [4.78, 5) is 21.2. The Morgan fingerprint density at radius 3 is 2.37 bits per heavy atom. The zero-order valence-corrected chi connectivity index (χ0v) is 9.16. The molecule has 0 aliphatic carbocycles. The van der Waals surface area contributed by atoms with Crippen LogP contribution < -0.4 is 5.32 Å². The zero-order chi connectivity index (χ0) is 14.6. The second-order valence-corrected chi connectivity index (χ2v) is 3.35. The van der Waals surface area contributed by atoms with Crippen LogP contribution in [0.15, 0.2) is 30.4 Å². The van der Waals surface area contributed by atoms with Gasteiger partial charge in [0.1, 0.15) is 5.82 Å². The number of rotatable bonds is 3. The van der Waals surface area contributed by atoms with Gasteiger partial charge >= 0.3 is 12.1 Å². The summed E-state index contributed by atoms with van der Waals surface area (Å²) in [5.41, 5.74) is -1.82. The Balaban J connectivity index is 2.92. The third-order valence-corrected chi connectivity index (χ3v) is 1.92. The van der Waals surface area contributed by atoms with Crippen molar-refractivity contribution >= 4 is 17.6 Å². The molecule has 1 aromatic carbocycles. The van der Waals surface area contributed by atoms with Crippen LogP contribution in [0.5, 0.6) is 0 Å². The van der Waals surface area contributed by atoms with Crippen molar-refractivity contribution in [2.75, 3.05) is 5.32 Å². The molecule has 1 amide bonds. The molecule has 1 aromatic rings. The summed E-state index contributed by atoms with van der Waals surface area (Å²) in [5, 5.41) is 10.2. The number of hydrogen-bond acceptors (Lipinski definition) is 2. The Morgan fingerprint density at radius 1 is 1.21 bits per heavy atom. The van der Waals surface area contributed by atoms with Crippen molar-refractivity contribution in [3.8, 4) is 0 Å². The van der Waals surface area contributed by atoms with Crippen molar-refractivity contribution in [2.24, 2.45) is 0 Å². The number of carbonyl (C=O) groups excluding carboxylic acids is 1. The third kappa shape index (κ3) is 4.41. The first-order valence-electron chi connectivity index (χ1n) is 4.79. The fourth-order valence-electron chi connectivity index (χ4n) is 1.15. The van der Waals surface area contributed by atoms with Crippen LogP contribution in [0.25, 0.3) is 0 Å². The first-order chi connectivity index (χ1) is 8.70. The number of amides is 1. The molecule has 0 unspecified atom stereocenters. The predicted octanol–water partition coefficient (Wildman–Crippen LogP) is 2.42. The maximum absolute atomic E-state index is 12.9. The minimum absolute atomic E-state index is 0.297. The number of aliphatic carboxylic acids is 1. The summed E-state index contributed by atoms with van der Waals surface area (Å²) < 4.78 is 50.1. The highest BCUT2D eigenvalue weighted by molar-refractivity contribution is 6.02. The van der Waals surface area contributed by atoms with Gasteiger partial charge in [0.05, 0.1) is 5.56 Å². The topological polar surface area (TPSA) is 66.4 Å². The van der Waals surface area contributed by atoms with Gasteiger partial charge in [0, 0.05) is 17.8 Å². The number of halogens is 4. The first kappa shape index (κ1) is 14.7. The normalized spacial score (nSPS) is 11.6. The summed E-state index contributed by atoms with van der Waals surface area (Å²) in [6, 6.07) is 1.90. The standard InChI is InChI=1S/C11H7F4NO3/c12-8-2-1-6(5-7(8)11(13,14)15)16-9(17)3-4-10(18)19/h1-5H,(H,16,17)(H,18,19). The van der Waals surface area contributed by atoms with Crippen molar-refractivity contribution in [3.05, 3.63) is 41.7 Å². The molecule has 0 saturated heterocycles. The monoisotopic (exact) mass is 277 g/mol. The highest BCUT2D eigenvalue weighted by Crippen LogP contribution is 2.32. The van der Waals surface area contributed by atoms with E-state index in [1.54, 1.807) is 0 Å². The summed E-state index contributed by atoms with van der Waals surface area (Å²) in [6.45, 7) is 0. The average molecular weight is 277 g/mol. The Kier molecular flexibility index (Phi) is 4.26. The van der Waals surface area contributed by atoms with Crippen LogP contribution in [0.2, 0.25) is 0 Å². The van der Waals surface area contributed by atoms with Gasteiger partial charge < -0.3 is 10.4 Å². The second kappa shape index (κ2) is 5.51. The van der Waals surface area contributed by atoms with Gasteiger partial charge in [-0.05, 0) is 18.2 Å². The van der Waals surface area contributed by atoms with E-state index in [4.69, 9.17) is 5.11 Å². The van der Waals surface area contributed by atoms with Crippen molar-refractivity contribution in [2.45, 2.75) is 6.18 Å². The van der Waals surface area contributed by atoms with Gasteiger partial charge in [-0.1, -0.05) is 0 Å². The molecular weight excluding hydrogens is 270 g/mol. The molecule has 1 rings (SSSR count). The van der Waals surface area contributed by atoms with E-state index in [-0.39, 0.29) is 5.69 Å². The van der Waals surface area contributed by atoms with E-state index >= 15 is 0 Å².